The summed E-state index contributed by atoms with van der Waals surface area (Å²) in [5.41, 5.74) is -2.72. The molecule has 3 N–H and O–H groups in total. The highest BCUT2D eigenvalue weighted by Crippen LogP contribution is 2.23. The summed E-state index contributed by atoms with van der Waals surface area (Å²) in [6, 6.07) is -0.694. The van der Waals surface area contributed by atoms with Gasteiger partial charge in [-0.1, -0.05) is 13.8 Å². The fraction of sp³-hybridized carbons (Fsp3) is 0.833. The van der Waals surface area contributed by atoms with Gasteiger partial charge in [-0.2, -0.15) is 0 Å². The Balaban J connectivity index is 5.54. The second-order valence-electron chi connectivity index (χ2n) is 8.98. The lowest BCUT2D eigenvalue weighted by Crippen LogP contribution is -2.64. The summed E-state index contributed by atoms with van der Waals surface area (Å²) in [7, 11) is 0. The minimum Gasteiger partial charge on any atom is -0.481 e. The molecule has 0 fully saturated rings. The van der Waals surface area contributed by atoms with E-state index in [0.717, 1.165) is 0 Å². The van der Waals surface area contributed by atoms with E-state index in [1.165, 1.54) is 0 Å². The van der Waals surface area contributed by atoms with Crippen molar-refractivity contribution in [3.8, 4) is 0 Å². The third-order valence-corrected chi connectivity index (χ3v) is 3.33. The molecule has 0 aliphatic rings. The summed E-state index contributed by atoms with van der Waals surface area (Å²) in [5, 5.41) is 14.6. The highest BCUT2D eigenvalue weighted by Gasteiger charge is 2.42. The number of hydrogen-bond acceptors (Lipinski definition) is 5. The Morgan fingerprint density at radius 1 is 0.885 bits per heavy atom. The number of ether oxygens (including phenoxy) is 2. The average molecular weight is 374 g/mol. The quantitative estimate of drug-likeness (QED) is 0.657. The summed E-state index contributed by atoms with van der Waals surface area (Å²) in [6.45, 7) is 15.5. The Kier molecular flexibility index (Phi) is 7.94. The van der Waals surface area contributed by atoms with Crippen LogP contribution in [0.25, 0.3) is 0 Å². The molecular formula is C18H34N2O6. The molecule has 0 radical (unpaired) electrons. The summed E-state index contributed by atoms with van der Waals surface area (Å²) >= 11 is 0. The monoisotopic (exact) mass is 374 g/mol. The third kappa shape index (κ3) is 9.48. The van der Waals surface area contributed by atoms with Crippen LogP contribution < -0.4 is 10.6 Å². The van der Waals surface area contributed by atoms with Crippen molar-refractivity contribution in [1.82, 2.24) is 10.6 Å². The van der Waals surface area contributed by atoms with Crippen molar-refractivity contribution in [2.24, 2.45) is 5.92 Å². The van der Waals surface area contributed by atoms with E-state index in [1.54, 1.807) is 48.5 Å². The second kappa shape index (κ2) is 8.60. The fourth-order valence-corrected chi connectivity index (χ4v) is 2.58. The lowest BCUT2D eigenvalue weighted by Gasteiger charge is -2.40. The van der Waals surface area contributed by atoms with E-state index in [0.29, 0.717) is 0 Å². The molecule has 2 amide bonds. The van der Waals surface area contributed by atoms with E-state index < -0.39 is 47.4 Å². The summed E-state index contributed by atoms with van der Waals surface area (Å²) < 4.78 is 10.5. The van der Waals surface area contributed by atoms with Gasteiger partial charge in [-0.25, -0.2) is 9.59 Å². The van der Waals surface area contributed by atoms with Crippen LogP contribution in [-0.2, 0) is 14.3 Å². The van der Waals surface area contributed by atoms with Crippen molar-refractivity contribution >= 4 is 18.2 Å². The number of aliphatic carboxylic acids is 1. The third-order valence-electron chi connectivity index (χ3n) is 3.33. The normalized spacial score (nSPS) is 15.6. The molecule has 0 rings (SSSR count). The molecule has 0 aliphatic carbocycles. The number of amides is 2. The first-order valence-corrected chi connectivity index (χ1v) is 8.67. The molecule has 0 aromatic rings. The molecule has 152 valence electrons. The predicted molar refractivity (Wildman–Crippen MR) is 98.0 cm³/mol. The topological polar surface area (TPSA) is 114 Å². The van der Waals surface area contributed by atoms with Crippen LogP contribution in [0, 0.1) is 5.92 Å². The number of carbonyl (C=O) groups excluding carboxylic acids is 2. The van der Waals surface area contributed by atoms with Gasteiger partial charge in [0.2, 0.25) is 0 Å². The van der Waals surface area contributed by atoms with Crippen LogP contribution >= 0.6 is 0 Å². The lowest BCUT2D eigenvalue weighted by molar-refractivity contribution is -0.139. The molecule has 8 heteroatoms. The zero-order valence-corrected chi connectivity index (χ0v) is 17.4. The van der Waals surface area contributed by atoms with Crippen molar-refractivity contribution in [2.45, 2.75) is 91.5 Å². The first kappa shape index (κ1) is 24.0. The number of alkyl carbamates (subject to hydrolysis) is 2. The minimum absolute atomic E-state index is 0.179. The molecule has 0 aliphatic heterocycles. The van der Waals surface area contributed by atoms with Crippen LogP contribution in [-0.4, -0.2) is 46.0 Å². The summed E-state index contributed by atoms with van der Waals surface area (Å²) in [6.07, 6.45) is -1.83. The van der Waals surface area contributed by atoms with Gasteiger partial charge < -0.3 is 25.2 Å². The first-order chi connectivity index (χ1) is 11.4. The zero-order valence-electron chi connectivity index (χ0n) is 17.4. The zero-order chi connectivity index (χ0) is 20.9. The largest absolute Gasteiger partial charge is 0.481 e. The van der Waals surface area contributed by atoms with Gasteiger partial charge in [-0.15, -0.1) is 0 Å². The van der Waals surface area contributed by atoms with E-state index in [9.17, 15) is 19.5 Å². The van der Waals surface area contributed by atoms with Crippen LogP contribution in [0.5, 0.6) is 0 Å². The van der Waals surface area contributed by atoms with Gasteiger partial charge in [0.25, 0.3) is 0 Å². The number of rotatable bonds is 6. The van der Waals surface area contributed by atoms with Gasteiger partial charge >= 0.3 is 18.2 Å². The maximum atomic E-state index is 12.2. The molecule has 26 heavy (non-hydrogen) atoms. The molecule has 0 aromatic carbocycles. The molecule has 0 saturated carbocycles. The van der Waals surface area contributed by atoms with Crippen LogP contribution in [0.4, 0.5) is 9.59 Å². The maximum absolute atomic E-state index is 12.2. The fourth-order valence-electron chi connectivity index (χ4n) is 2.58. The number of nitrogens with one attached hydrogen (secondary N) is 2. The predicted octanol–water partition coefficient (Wildman–Crippen LogP) is 3.29. The molecule has 0 bridgehead atoms. The summed E-state index contributed by atoms with van der Waals surface area (Å²) in [4.78, 5) is 35.8. The van der Waals surface area contributed by atoms with Crippen molar-refractivity contribution in [2.75, 3.05) is 0 Å². The van der Waals surface area contributed by atoms with Crippen molar-refractivity contribution in [1.29, 1.82) is 0 Å². The maximum Gasteiger partial charge on any atom is 0.408 e. The number of carbonyl (C=O) groups is 3. The first-order valence-electron chi connectivity index (χ1n) is 8.67. The number of hydrogen-bond donors (Lipinski definition) is 3. The second-order valence-corrected chi connectivity index (χ2v) is 8.98. The Hall–Kier alpha value is -1.99. The van der Waals surface area contributed by atoms with Crippen molar-refractivity contribution < 1.29 is 29.0 Å². The molecule has 2 unspecified atom stereocenters. The summed E-state index contributed by atoms with van der Waals surface area (Å²) in [5.74, 6) is -1.29. The van der Waals surface area contributed by atoms with Crippen molar-refractivity contribution in [3.63, 3.8) is 0 Å². The smallest absolute Gasteiger partial charge is 0.408 e. The number of carboxylic acids is 1. The van der Waals surface area contributed by atoms with E-state index >= 15 is 0 Å². The van der Waals surface area contributed by atoms with E-state index in [2.05, 4.69) is 10.6 Å². The number of carboxylic acid groups (broad SMARTS) is 1. The molecule has 2 atom stereocenters. The molecule has 8 nitrogen and oxygen atoms in total. The van der Waals surface area contributed by atoms with E-state index in [1.807, 2.05) is 13.8 Å². The Morgan fingerprint density at radius 2 is 1.31 bits per heavy atom. The SMILES string of the molecule is CC(C)C(NC(=O)OC(C)(C)C)C(C)(CC(=O)O)NC(=O)OC(C)(C)C. The molecular weight excluding hydrogens is 340 g/mol. The van der Waals surface area contributed by atoms with E-state index in [-0.39, 0.29) is 5.92 Å². The van der Waals surface area contributed by atoms with Gasteiger partial charge in [0.15, 0.2) is 0 Å². The van der Waals surface area contributed by atoms with Crippen LogP contribution in [0.1, 0.15) is 68.7 Å². The molecule has 0 heterocycles. The Bertz CT molecular complexity index is 519. The molecule has 0 aromatic heterocycles. The highest BCUT2D eigenvalue weighted by molar-refractivity contribution is 5.74. The van der Waals surface area contributed by atoms with Gasteiger partial charge in [-0.3, -0.25) is 4.79 Å². The van der Waals surface area contributed by atoms with Crippen LogP contribution in [0.15, 0.2) is 0 Å². The average Bonchev–Trinajstić information content (AvgIpc) is 2.28. The van der Waals surface area contributed by atoms with Crippen molar-refractivity contribution in [3.05, 3.63) is 0 Å². The Morgan fingerprint density at radius 3 is 1.65 bits per heavy atom. The molecule has 0 saturated heterocycles. The van der Waals surface area contributed by atoms with E-state index in [4.69, 9.17) is 9.47 Å². The highest BCUT2D eigenvalue weighted by atomic mass is 16.6. The lowest BCUT2D eigenvalue weighted by atomic mass is 9.82. The van der Waals surface area contributed by atoms with Gasteiger partial charge in [0.1, 0.15) is 11.2 Å². The Labute approximate surface area is 156 Å². The van der Waals surface area contributed by atoms with Gasteiger partial charge in [0, 0.05) is 0 Å². The molecule has 0 spiro atoms. The van der Waals surface area contributed by atoms with Gasteiger partial charge in [-0.05, 0) is 54.4 Å². The standard InChI is InChI=1S/C18H34N2O6/c1-11(2)13(19-14(23)25-16(3,4)5)18(9,10-12(21)22)20-15(24)26-17(6,7)8/h11,13H,10H2,1-9H3,(H,19,23)(H,20,24)(H,21,22). The van der Waals surface area contributed by atoms with Gasteiger partial charge in [0.05, 0.1) is 18.0 Å². The van der Waals surface area contributed by atoms with Crippen LogP contribution in [0.2, 0.25) is 0 Å². The minimum atomic E-state index is -1.28. The van der Waals surface area contributed by atoms with Crippen LogP contribution in [0.3, 0.4) is 0 Å².